The van der Waals surface area contributed by atoms with Crippen LogP contribution in [0.3, 0.4) is 0 Å². The molecule has 1 aromatic heterocycles. The number of anilines is 6. The van der Waals surface area contributed by atoms with Crippen LogP contribution >= 0.6 is 11.3 Å². The smallest absolute Gasteiger partial charge is 0.0721 e. The van der Waals surface area contributed by atoms with Crippen LogP contribution in [0, 0.1) is 13.8 Å². The quantitative estimate of drug-likeness (QED) is 0.0445. The Morgan fingerprint density at radius 1 is 0.390 bits per heavy atom. The van der Waals surface area contributed by atoms with Crippen LogP contribution in [0.15, 0.2) is 220 Å². The van der Waals surface area contributed by atoms with Crippen LogP contribution in [0.5, 0.6) is 0 Å². The highest BCUT2D eigenvalue weighted by Gasteiger charge is 2.18. The molecule has 0 aliphatic heterocycles. The van der Waals surface area contributed by atoms with E-state index < -0.39 is 0 Å². The lowest BCUT2D eigenvalue weighted by molar-refractivity contribution is 0.107. The van der Waals surface area contributed by atoms with Gasteiger partial charge in [-0.15, -0.1) is 24.5 Å². The predicted molar refractivity (Wildman–Crippen MR) is 333 cm³/mol. The first-order valence-electron chi connectivity index (χ1n) is 27.1. The normalized spacial score (nSPS) is 10.9. The van der Waals surface area contributed by atoms with Gasteiger partial charge in [-0.2, -0.15) is 0 Å². The molecule has 390 valence electrons. The summed E-state index contributed by atoms with van der Waals surface area (Å²) in [6.45, 7) is 25.1. The van der Waals surface area contributed by atoms with Crippen molar-refractivity contribution in [2.75, 3.05) is 16.4 Å². The van der Waals surface area contributed by atoms with Gasteiger partial charge in [-0.3, -0.25) is 0 Å². The summed E-state index contributed by atoms with van der Waals surface area (Å²) in [7, 11) is 0. The Hall–Kier alpha value is -7.80. The Balaban J connectivity index is 0.00000387. The molecule has 0 aliphatic carbocycles. The second-order valence-electron chi connectivity index (χ2n) is 19.5. The fourth-order valence-electron chi connectivity index (χ4n) is 9.76. The molecule has 0 amide bonds. The molecule has 0 saturated carbocycles. The maximum Gasteiger partial charge on any atom is 0.0721 e. The van der Waals surface area contributed by atoms with Crippen LogP contribution in [0.2, 0.25) is 0 Å². The van der Waals surface area contributed by atoms with Crippen LogP contribution in [-0.2, 0) is 48.6 Å². The van der Waals surface area contributed by atoms with Crippen molar-refractivity contribution >= 4 is 57.6 Å². The van der Waals surface area contributed by atoms with Gasteiger partial charge in [0, 0.05) is 50.5 Å². The number of rotatable bonds is 24. The summed E-state index contributed by atoms with van der Waals surface area (Å²) in [6.07, 6.45) is 10.1. The fourth-order valence-corrected chi connectivity index (χ4v) is 10.9. The molecular weight excluding hydrogens is 957 g/mol. The van der Waals surface area contributed by atoms with Crippen molar-refractivity contribution in [3.63, 3.8) is 0 Å². The lowest BCUT2D eigenvalue weighted by Gasteiger charge is -2.27. The van der Waals surface area contributed by atoms with Crippen molar-refractivity contribution in [1.29, 1.82) is 0 Å². The number of ether oxygens (including phenoxy) is 2. The maximum absolute atomic E-state index is 6.13. The van der Waals surface area contributed by atoms with Crippen molar-refractivity contribution in [1.82, 2.24) is 0 Å². The van der Waals surface area contributed by atoms with Gasteiger partial charge < -0.3 is 19.3 Å². The highest BCUT2D eigenvalue weighted by atomic mass is 32.1. The summed E-state index contributed by atoms with van der Waals surface area (Å²) in [5.41, 5.74) is 21.5. The van der Waals surface area contributed by atoms with E-state index in [0.29, 0.717) is 19.8 Å². The Bertz CT molecular complexity index is 3280. The van der Waals surface area contributed by atoms with Gasteiger partial charge in [-0.1, -0.05) is 161 Å². The third-order valence-corrected chi connectivity index (χ3v) is 15.1. The molecule has 0 atom stereocenters. The zero-order valence-electron chi connectivity index (χ0n) is 45.6. The summed E-state index contributed by atoms with van der Waals surface area (Å²) in [6, 6.07) is 71.2. The van der Waals surface area contributed by atoms with Crippen LogP contribution in [0.1, 0.15) is 88.7 Å². The van der Waals surface area contributed by atoms with E-state index >= 15 is 0 Å². The molecule has 0 spiro atoms. The molecule has 0 N–H and O–H groups in total. The monoisotopic (exact) mass is 1030 g/mol. The molecule has 9 rings (SSSR count). The minimum absolute atomic E-state index is 0.544. The first kappa shape index (κ1) is 55.4. The molecule has 1 heterocycles. The van der Waals surface area contributed by atoms with Crippen molar-refractivity contribution in [2.24, 2.45) is 0 Å². The fraction of sp³-hybridized carbons (Fsp3) is 0.194. The molecule has 9 aromatic rings. The molecule has 0 fully saturated rings. The summed E-state index contributed by atoms with van der Waals surface area (Å²) in [4.78, 5) is 7.27. The Kier molecular flexibility index (Phi) is 20.0. The van der Waals surface area contributed by atoms with Gasteiger partial charge in [0.1, 0.15) is 0 Å². The van der Waals surface area contributed by atoms with Crippen molar-refractivity contribution in [2.45, 2.75) is 86.0 Å². The summed E-state index contributed by atoms with van der Waals surface area (Å²) in [5.74, 6) is 0. The molecule has 0 aliphatic rings. The molecule has 0 bridgehead atoms. The number of aryl methyl sites for hydroxylation is 5. The van der Waals surface area contributed by atoms with E-state index in [-0.39, 0.29) is 0 Å². The zero-order chi connectivity index (χ0) is 53.9. The number of thiophene rings is 1. The summed E-state index contributed by atoms with van der Waals surface area (Å²) < 4.78 is 12.2. The van der Waals surface area contributed by atoms with E-state index in [1.54, 1.807) is 0 Å². The largest absolute Gasteiger partial charge is 0.377 e. The number of nitrogens with zero attached hydrogens (tertiary/aromatic N) is 2. The highest BCUT2D eigenvalue weighted by Crippen LogP contribution is 2.43. The molecule has 0 unspecified atom stereocenters. The SMILES string of the molecule is C=C.C=Cc1ccc(COCCCc2ccc(N(c3ccc(CCC)cc3)c3ccc(-c4ccc(-c5ccc(N(c6ccc(CCC)cc6)c6ccc(COCc7ccc(C=C)cc7)cc6)cc5C)s4)c(C)c3)cc2)cc1. The number of benzene rings is 8. The van der Waals surface area contributed by atoms with Gasteiger partial charge in [0.05, 0.1) is 19.8 Å². The molecule has 4 nitrogen and oxygen atoms in total. The number of hydrogen-bond donors (Lipinski definition) is 0. The van der Waals surface area contributed by atoms with E-state index in [1.807, 2.05) is 23.5 Å². The van der Waals surface area contributed by atoms with Gasteiger partial charge in [0.15, 0.2) is 0 Å². The number of hydrogen-bond acceptors (Lipinski definition) is 5. The molecular formula is C72H74N2O2S. The standard InChI is InChI=1S/C70H70N2O2S.C2H4/c1-7-12-55-23-31-61(32-24-55)71(63-35-27-57(28-36-63)14-11-45-73-48-58-19-15-53(9-3)16-20-58)65-39-41-67(51(5)46-65)69-43-44-70(75-69)68-42-40-66(47-52(68)6)72(62-33-25-56(13-8-2)26-34-62)64-37-29-60(30-38-64)50-74-49-59-21-17-54(10-4)18-22-59;1-2/h9-10,15-44,46-47H,3-4,7-8,11-14,45,48-50H2,1-2,5-6H3;1-2H2. The van der Waals surface area contributed by atoms with Crippen LogP contribution < -0.4 is 9.80 Å². The minimum atomic E-state index is 0.544. The molecule has 0 radical (unpaired) electrons. The topological polar surface area (TPSA) is 24.9 Å². The average Bonchev–Trinajstić information content (AvgIpc) is 3.96. The van der Waals surface area contributed by atoms with Gasteiger partial charge in [0.25, 0.3) is 0 Å². The Morgan fingerprint density at radius 2 is 0.714 bits per heavy atom. The minimum Gasteiger partial charge on any atom is -0.377 e. The zero-order valence-corrected chi connectivity index (χ0v) is 46.5. The van der Waals surface area contributed by atoms with Gasteiger partial charge >= 0.3 is 0 Å². The van der Waals surface area contributed by atoms with E-state index in [0.717, 1.165) is 102 Å². The first-order chi connectivity index (χ1) is 37.8. The predicted octanol–water partition coefficient (Wildman–Crippen LogP) is 20.5. The van der Waals surface area contributed by atoms with E-state index in [2.05, 4.69) is 258 Å². The summed E-state index contributed by atoms with van der Waals surface area (Å²) >= 11 is 1.86. The second-order valence-corrected chi connectivity index (χ2v) is 20.6. The maximum atomic E-state index is 6.13. The van der Waals surface area contributed by atoms with E-state index in [4.69, 9.17) is 9.47 Å². The third kappa shape index (κ3) is 14.6. The summed E-state index contributed by atoms with van der Waals surface area (Å²) in [5, 5.41) is 0. The van der Waals surface area contributed by atoms with Gasteiger partial charge in [-0.25, -0.2) is 0 Å². The van der Waals surface area contributed by atoms with E-state index in [1.165, 1.54) is 54.3 Å². The Labute approximate surface area is 464 Å². The molecule has 5 heteroatoms. The van der Waals surface area contributed by atoms with Crippen molar-refractivity contribution in [3.05, 3.63) is 276 Å². The third-order valence-electron chi connectivity index (χ3n) is 13.9. The van der Waals surface area contributed by atoms with Gasteiger partial charge in [0.2, 0.25) is 0 Å². The lowest BCUT2D eigenvalue weighted by atomic mass is 10.0. The Morgan fingerprint density at radius 3 is 1.06 bits per heavy atom. The van der Waals surface area contributed by atoms with Crippen LogP contribution in [0.25, 0.3) is 33.0 Å². The average molecular weight is 1030 g/mol. The van der Waals surface area contributed by atoms with Crippen LogP contribution in [-0.4, -0.2) is 6.61 Å². The lowest BCUT2D eigenvalue weighted by Crippen LogP contribution is -2.10. The molecule has 77 heavy (non-hydrogen) atoms. The molecule has 8 aromatic carbocycles. The van der Waals surface area contributed by atoms with E-state index in [9.17, 15) is 0 Å². The molecule has 0 saturated heterocycles. The highest BCUT2D eigenvalue weighted by molar-refractivity contribution is 7.18. The second kappa shape index (κ2) is 27.8. The first-order valence-corrected chi connectivity index (χ1v) is 28.0. The van der Waals surface area contributed by atoms with Gasteiger partial charge in [-0.05, 0) is 191 Å². The van der Waals surface area contributed by atoms with Crippen molar-refractivity contribution < 1.29 is 9.47 Å². The van der Waals surface area contributed by atoms with Crippen molar-refractivity contribution in [3.8, 4) is 20.9 Å². The van der Waals surface area contributed by atoms with Crippen LogP contribution in [0.4, 0.5) is 34.1 Å².